The quantitative estimate of drug-likeness (QED) is 0.634. The number of aromatic amines is 1. The SMILES string of the molecule is C[C@H](Nc1cccc(OCCCC#N)c1)c1nc2ccccc2c(=O)[nH]1. The molecule has 0 aliphatic rings. The van der Waals surface area contributed by atoms with Gasteiger partial charge in [-0.1, -0.05) is 18.2 Å². The molecule has 6 heteroatoms. The minimum absolute atomic E-state index is 0.145. The van der Waals surface area contributed by atoms with E-state index in [-0.39, 0.29) is 11.6 Å². The van der Waals surface area contributed by atoms with Gasteiger partial charge in [-0.05, 0) is 37.6 Å². The van der Waals surface area contributed by atoms with Crippen LogP contribution in [0.2, 0.25) is 0 Å². The molecule has 0 saturated heterocycles. The summed E-state index contributed by atoms with van der Waals surface area (Å²) in [5.74, 6) is 1.31. The molecule has 0 unspecified atom stereocenters. The predicted molar refractivity (Wildman–Crippen MR) is 101 cm³/mol. The van der Waals surface area contributed by atoms with Crippen LogP contribution in [0.1, 0.15) is 31.6 Å². The van der Waals surface area contributed by atoms with Gasteiger partial charge in [-0.2, -0.15) is 5.26 Å². The Morgan fingerprint density at radius 2 is 2.12 bits per heavy atom. The van der Waals surface area contributed by atoms with E-state index in [2.05, 4.69) is 21.4 Å². The van der Waals surface area contributed by atoms with Crippen LogP contribution in [0.15, 0.2) is 53.3 Å². The average molecular weight is 348 g/mol. The predicted octanol–water partition coefficient (Wildman–Crippen LogP) is 3.78. The molecule has 3 aromatic rings. The molecule has 0 bridgehead atoms. The van der Waals surface area contributed by atoms with Crippen molar-refractivity contribution in [1.82, 2.24) is 9.97 Å². The smallest absolute Gasteiger partial charge is 0.258 e. The van der Waals surface area contributed by atoms with E-state index in [1.807, 2.05) is 49.4 Å². The van der Waals surface area contributed by atoms with Crippen molar-refractivity contribution >= 4 is 16.6 Å². The number of nitriles is 1. The van der Waals surface area contributed by atoms with Gasteiger partial charge in [0, 0.05) is 18.2 Å². The van der Waals surface area contributed by atoms with Crippen molar-refractivity contribution in [3.8, 4) is 11.8 Å². The molecule has 0 aliphatic carbocycles. The molecule has 2 aromatic carbocycles. The van der Waals surface area contributed by atoms with E-state index in [1.165, 1.54) is 0 Å². The minimum Gasteiger partial charge on any atom is -0.493 e. The van der Waals surface area contributed by atoms with Gasteiger partial charge in [-0.25, -0.2) is 4.98 Å². The van der Waals surface area contributed by atoms with Crippen molar-refractivity contribution in [2.75, 3.05) is 11.9 Å². The Kier molecular flexibility index (Phi) is 5.49. The van der Waals surface area contributed by atoms with Gasteiger partial charge in [0.1, 0.15) is 11.6 Å². The van der Waals surface area contributed by atoms with E-state index in [0.717, 1.165) is 11.4 Å². The number of H-pyrrole nitrogens is 1. The first-order valence-corrected chi connectivity index (χ1v) is 8.52. The van der Waals surface area contributed by atoms with Crippen molar-refractivity contribution in [2.24, 2.45) is 0 Å². The standard InChI is InChI=1S/C20H20N4O2/c1-14(19-23-18-10-3-2-9-17(18)20(25)24-19)22-15-7-6-8-16(13-15)26-12-5-4-11-21/h2-3,6-10,13-14,22H,4-5,12H2,1H3,(H,23,24,25)/t14-/m0/s1. The Balaban J connectivity index is 1.73. The molecule has 1 aromatic heterocycles. The van der Waals surface area contributed by atoms with Gasteiger partial charge in [-0.3, -0.25) is 4.79 Å². The molecule has 0 fully saturated rings. The molecule has 1 heterocycles. The number of nitrogens with zero attached hydrogens (tertiary/aromatic N) is 2. The van der Waals surface area contributed by atoms with Crippen LogP contribution in [0.4, 0.5) is 5.69 Å². The summed E-state index contributed by atoms with van der Waals surface area (Å²) in [6, 6.07) is 16.8. The number of aromatic nitrogens is 2. The second-order valence-electron chi connectivity index (χ2n) is 5.97. The Morgan fingerprint density at radius 3 is 2.96 bits per heavy atom. The molecule has 132 valence electrons. The normalized spacial score (nSPS) is 11.7. The fourth-order valence-corrected chi connectivity index (χ4v) is 2.64. The van der Waals surface area contributed by atoms with Gasteiger partial charge in [0.05, 0.1) is 29.6 Å². The zero-order valence-corrected chi connectivity index (χ0v) is 14.5. The summed E-state index contributed by atoms with van der Waals surface area (Å²) in [5, 5.41) is 12.5. The average Bonchev–Trinajstić information content (AvgIpc) is 2.65. The van der Waals surface area contributed by atoms with Gasteiger partial charge < -0.3 is 15.0 Å². The lowest BCUT2D eigenvalue weighted by Gasteiger charge is -2.16. The summed E-state index contributed by atoms with van der Waals surface area (Å²) in [7, 11) is 0. The highest BCUT2D eigenvalue weighted by Crippen LogP contribution is 2.22. The number of ether oxygens (including phenoxy) is 1. The van der Waals surface area contributed by atoms with Crippen molar-refractivity contribution < 1.29 is 4.74 Å². The molecule has 1 atom stereocenters. The van der Waals surface area contributed by atoms with Crippen LogP contribution in [-0.4, -0.2) is 16.6 Å². The zero-order valence-electron chi connectivity index (χ0n) is 14.5. The molecular weight excluding hydrogens is 328 g/mol. The largest absolute Gasteiger partial charge is 0.493 e. The number of benzene rings is 2. The van der Waals surface area contributed by atoms with Crippen molar-refractivity contribution in [3.05, 3.63) is 64.7 Å². The van der Waals surface area contributed by atoms with E-state index in [1.54, 1.807) is 6.07 Å². The van der Waals surface area contributed by atoms with Crippen LogP contribution in [0, 0.1) is 11.3 Å². The second kappa shape index (κ2) is 8.17. The van der Waals surface area contributed by atoms with E-state index in [9.17, 15) is 4.79 Å². The molecular formula is C20H20N4O2. The van der Waals surface area contributed by atoms with Crippen molar-refractivity contribution in [2.45, 2.75) is 25.8 Å². The lowest BCUT2D eigenvalue weighted by molar-refractivity contribution is 0.313. The highest BCUT2D eigenvalue weighted by molar-refractivity contribution is 5.77. The van der Waals surface area contributed by atoms with Crippen LogP contribution in [0.25, 0.3) is 10.9 Å². The number of unbranched alkanes of at least 4 members (excludes halogenated alkanes) is 1. The first kappa shape index (κ1) is 17.5. The highest BCUT2D eigenvalue weighted by atomic mass is 16.5. The summed E-state index contributed by atoms with van der Waals surface area (Å²) < 4.78 is 5.65. The third-order valence-electron chi connectivity index (χ3n) is 3.96. The summed E-state index contributed by atoms with van der Waals surface area (Å²) in [5.41, 5.74) is 1.40. The number of fused-ring (bicyclic) bond motifs is 1. The van der Waals surface area contributed by atoms with Gasteiger partial charge in [-0.15, -0.1) is 0 Å². The van der Waals surface area contributed by atoms with Gasteiger partial charge in [0.25, 0.3) is 5.56 Å². The molecule has 3 rings (SSSR count). The van der Waals surface area contributed by atoms with Crippen LogP contribution < -0.4 is 15.6 Å². The number of hydrogen-bond acceptors (Lipinski definition) is 5. The molecule has 0 amide bonds. The maximum absolute atomic E-state index is 12.2. The maximum Gasteiger partial charge on any atom is 0.258 e. The molecule has 0 radical (unpaired) electrons. The van der Waals surface area contributed by atoms with Gasteiger partial charge in [0.2, 0.25) is 0 Å². The molecule has 26 heavy (non-hydrogen) atoms. The Morgan fingerprint density at radius 1 is 1.27 bits per heavy atom. The number of hydrogen-bond donors (Lipinski definition) is 2. The number of nitrogens with one attached hydrogen (secondary N) is 2. The minimum atomic E-state index is -0.179. The molecule has 0 aliphatic heterocycles. The number of anilines is 1. The van der Waals surface area contributed by atoms with Crippen LogP contribution in [0.5, 0.6) is 5.75 Å². The van der Waals surface area contributed by atoms with Crippen molar-refractivity contribution in [1.29, 1.82) is 5.26 Å². The summed E-state index contributed by atoms with van der Waals surface area (Å²) in [4.78, 5) is 19.6. The highest BCUT2D eigenvalue weighted by Gasteiger charge is 2.11. The van der Waals surface area contributed by atoms with Gasteiger partial charge in [0.15, 0.2) is 0 Å². The van der Waals surface area contributed by atoms with Crippen molar-refractivity contribution in [3.63, 3.8) is 0 Å². The maximum atomic E-state index is 12.2. The fourth-order valence-electron chi connectivity index (χ4n) is 2.64. The van der Waals surface area contributed by atoms with Crippen LogP contribution >= 0.6 is 0 Å². The fraction of sp³-hybridized carbons (Fsp3) is 0.250. The Hall–Kier alpha value is -3.33. The van der Waals surface area contributed by atoms with Crippen LogP contribution in [0.3, 0.4) is 0 Å². The monoisotopic (exact) mass is 348 g/mol. The summed E-state index contributed by atoms with van der Waals surface area (Å²) >= 11 is 0. The number of rotatable bonds is 7. The summed E-state index contributed by atoms with van der Waals surface area (Å²) in [6.45, 7) is 2.44. The second-order valence-corrected chi connectivity index (χ2v) is 5.97. The van der Waals surface area contributed by atoms with E-state index in [4.69, 9.17) is 10.00 Å². The van der Waals surface area contributed by atoms with Crippen LogP contribution in [-0.2, 0) is 0 Å². The zero-order chi connectivity index (χ0) is 18.4. The Labute approximate surface area is 151 Å². The van der Waals surface area contributed by atoms with E-state index < -0.39 is 0 Å². The third kappa shape index (κ3) is 4.19. The first-order chi connectivity index (χ1) is 12.7. The molecule has 0 spiro atoms. The topological polar surface area (TPSA) is 90.8 Å². The number of para-hydroxylation sites is 1. The lowest BCUT2D eigenvalue weighted by Crippen LogP contribution is -2.17. The Bertz CT molecular complexity index is 991. The van der Waals surface area contributed by atoms with E-state index in [0.29, 0.717) is 36.2 Å². The molecule has 2 N–H and O–H groups in total. The van der Waals surface area contributed by atoms with Gasteiger partial charge >= 0.3 is 0 Å². The first-order valence-electron chi connectivity index (χ1n) is 8.52. The third-order valence-corrected chi connectivity index (χ3v) is 3.96. The molecule has 6 nitrogen and oxygen atoms in total. The summed E-state index contributed by atoms with van der Waals surface area (Å²) in [6.07, 6.45) is 1.18. The lowest BCUT2D eigenvalue weighted by atomic mass is 10.2. The molecule has 0 saturated carbocycles. The van der Waals surface area contributed by atoms with E-state index >= 15 is 0 Å².